The normalized spacial score (nSPS) is 27.7. The quantitative estimate of drug-likeness (QED) is 0.822. The summed E-state index contributed by atoms with van der Waals surface area (Å²) in [4.78, 5) is 0. The Morgan fingerprint density at radius 3 is 2.53 bits per heavy atom. The van der Waals surface area contributed by atoms with Gasteiger partial charge in [0.2, 0.25) is 0 Å². The lowest BCUT2D eigenvalue weighted by molar-refractivity contribution is 0.169. The maximum Gasteiger partial charge on any atom is 0.0208 e. The van der Waals surface area contributed by atoms with Crippen molar-refractivity contribution in [3.8, 4) is 0 Å². The third-order valence-electron chi connectivity index (χ3n) is 4.50. The molecule has 0 aromatic heterocycles. The summed E-state index contributed by atoms with van der Waals surface area (Å²) in [6.45, 7) is 8.13. The van der Waals surface area contributed by atoms with Gasteiger partial charge in [0, 0.05) is 17.1 Å². The molecule has 0 radical (unpaired) electrons. The molecule has 2 rings (SSSR count). The van der Waals surface area contributed by atoms with E-state index in [9.17, 15) is 0 Å². The van der Waals surface area contributed by atoms with Crippen molar-refractivity contribution in [2.75, 3.05) is 0 Å². The second kappa shape index (κ2) is 6.90. The smallest absolute Gasteiger partial charge is 0.0208 e. The molecule has 0 spiro atoms. The summed E-state index contributed by atoms with van der Waals surface area (Å²) in [6.07, 6.45) is 4.12. The highest BCUT2D eigenvalue weighted by atomic mass is 79.9. The van der Waals surface area contributed by atoms with Crippen LogP contribution in [0, 0.1) is 17.8 Å². The van der Waals surface area contributed by atoms with Crippen LogP contribution < -0.4 is 5.32 Å². The molecule has 2 heteroatoms. The number of hydrogen-bond acceptors (Lipinski definition) is 1. The van der Waals surface area contributed by atoms with Crippen molar-refractivity contribution in [1.29, 1.82) is 0 Å². The Kier molecular flexibility index (Phi) is 5.47. The highest BCUT2D eigenvalue weighted by Crippen LogP contribution is 2.33. The SMILES string of the molecule is CC1CCC(C(C)C)C(NCc2ccc(Br)cc2)C1. The largest absolute Gasteiger partial charge is 0.310 e. The van der Waals surface area contributed by atoms with E-state index in [1.807, 2.05) is 0 Å². The molecule has 106 valence electrons. The molecule has 0 amide bonds. The minimum absolute atomic E-state index is 0.687. The molecule has 3 unspecified atom stereocenters. The minimum Gasteiger partial charge on any atom is -0.310 e. The number of hydrogen-bond donors (Lipinski definition) is 1. The molecule has 0 heterocycles. The first-order valence-electron chi connectivity index (χ1n) is 7.54. The van der Waals surface area contributed by atoms with Crippen molar-refractivity contribution in [1.82, 2.24) is 5.32 Å². The molecule has 0 saturated heterocycles. The van der Waals surface area contributed by atoms with E-state index in [1.54, 1.807) is 0 Å². The average molecular weight is 324 g/mol. The molecule has 1 nitrogen and oxygen atoms in total. The van der Waals surface area contributed by atoms with Crippen molar-refractivity contribution in [2.24, 2.45) is 17.8 Å². The summed E-state index contributed by atoms with van der Waals surface area (Å²) in [6, 6.07) is 9.34. The fourth-order valence-electron chi connectivity index (χ4n) is 3.29. The van der Waals surface area contributed by atoms with Crippen molar-refractivity contribution in [3.05, 3.63) is 34.3 Å². The van der Waals surface area contributed by atoms with Gasteiger partial charge in [-0.05, 0) is 48.3 Å². The molecule has 1 fully saturated rings. The van der Waals surface area contributed by atoms with Crippen LogP contribution in [-0.4, -0.2) is 6.04 Å². The van der Waals surface area contributed by atoms with Crippen molar-refractivity contribution in [2.45, 2.75) is 52.6 Å². The van der Waals surface area contributed by atoms with Gasteiger partial charge in [0.05, 0.1) is 0 Å². The lowest BCUT2D eigenvalue weighted by Crippen LogP contribution is -2.42. The lowest BCUT2D eigenvalue weighted by Gasteiger charge is -2.38. The number of nitrogens with one attached hydrogen (secondary N) is 1. The van der Waals surface area contributed by atoms with Crippen molar-refractivity contribution < 1.29 is 0 Å². The first-order valence-corrected chi connectivity index (χ1v) is 8.33. The predicted molar refractivity (Wildman–Crippen MR) is 86.1 cm³/mol. The van der Waals surface area contributed by atoms with Crippen LogP contribution >= 0.6 is 15.9 Å². The van der Waals surface area contributed by atoms with Gasteiger partial charge in [0.25, 0.3) is 0 Å². The van der Waals surface area contributed by atoms with E-state index in [0.717, 1.165) is 28.8 Å². The maximum atomic E-state index is 3.80. The summed E-state index contributed by atoms with van der Waals surface area (Å²) in [5.74, 6) is 2.50. The molecular weight excluding hydrogens is 298 g/mol. The molecule has 19 heavy (non-hydrogen) atoms. The Morgan fingerprint density at radius 1 is 1.21 bits per heavy atom. The second-order valence-electron chi connectivity index (χ2n) is 6.44. The molecular formula is C17H26BrN. The topological polar surface area (TPSA) is 12.0 Å². The van der Waals surface area contributed by atoms with E-state index in [1.165, 1.54) is 24.8 Å². The summed E-state index contributed by atoms with van der Waals surface area (Å²) in [5, 5.41) is 3.80. The molecule has 0 aliphatic heterocycles. The Morgan fingerprint density at radius 2 is 1.89 bits per heavy atom. The van der Waals surface area contributed by atoms with Gasteiger partial charge in [0.1, 0.15) is 0 Å². The molecule has 1 aromatic carbocycles. The standard InChI is InChI=1S/C17H26BrN/c1-12(2)16-9-4-13(3)10-17(16)19-11-14-5-7-15(18)8-6-14/h5-8,12-13,16-17,19H,4,9-11H2,1-3H3. The van der Waals surface area contributed by atoms with Gasteiger partial charge in [0.15, 0.2) is 0 Å². The van der Waals surface area contributed by atoms with Gasteiger partial charge in [-0.25, -0.2) is 0 Å². The van der Waals surface area contributed by atoms with Crippen LogP contribution in [-0.2, 0) is 6.54 Å². The highest BCUT2D eigenvalue weighted by molar-refractivity contribution is 9.10. The maximum absolute atomic E-state index is 3.80. The number of benzene rings is 1. The van der Waals surface area contributed by atoms with E-state index >= 15 is 0 Å². The van der Waals surface area contributed by atoms with Gasteiger partial charge in [-0.15, -0.1) is 0 Å². The van der Waals surface area contributed by atoms with Crippen molar-refractivity contribution in [3.63, 3.8) is 0 Å². The zero-order valence-corrected chi connectivity index (χ0v) is 13.9. The molecule has 0 bridgehead atoms. The highest BCUT2D eigenvalue weighted by Gasteiger charge is 2.30. The van der Waals surface area contributed by atoms with E-state index < -0.39 is 0 Å². The van der Waals surface area contributed by atoms with Crippen LogP contribution in [0.3, 0.4) is 0 Å². The summed E-state index contributed by atoms with van der Waals surface area (Å²) in [5.41, 5.74) is 1.38. The fourth-order valence-corrected chi connectivity index (χ4v) is 3.55. The minimum atomic E-state index is 0.687. The van der Waals surface area contributed by atoms with Crippen LogP contribution in [0.15, 0.2) is 28.7 Å². The Labute approximate surface area is 126 Å². The molecule has 1 aromatic rings. The fraction of sp³-hybridized carbons (Fsp3) is 0.647. The van der Waals surface area contributed by atoms with Crippen LogP contribution in [0.25, 0.3) is 0 Å². The summed E-state index contributed by atoms with van der Waals surface area (Å²) >= 11 is 3.49. The molecule has 3 atom stereocenters. The van der Waals surface area contributed by atoms with Gasteiger partial charge in [-0.2, -0.15) is 0 Å². The Bertz CT molecular complexity index is 385. The molecule has 1 aliphatic rings. The van der Waals surface area contributed by atoms with Gasteiger partial charge in [-0.1, -0.05) is 55.3 Å². The van der Waals surface area contributed by atoms with Crippen LogP contribution in [0.2, 0.25) is 0 Å². The zero-order valence-electron chi connectivity index (χ0n) is 12.3. The summed E-state index contributed by atoms with van der Waals surface area (Å²) < 4.78 is 1.16. The summed E-state index contributed by atoms with van der Waals surface area (Å²) in [7, 11) is 0. The second-order valence-corrected chi connectivity index (χ2v) is 7.36. The lowest BCUT2D eigenvalue weighted by atomic mass is 9.74. The zero-order chi connectivity index (χ0) is 13.8. The first kappa shape index (κ1) is 15.1. The Balaban J connectivity index is 1.93. The third kappa shape index (κ3) is 4.32. The predicted octanol–water partition coefficient (Wildman–Crippen LogP) is 5.00. The molecule has 1 aliphatic carbocycles. The molecule has 1 saturated carbocycles. The number of rotatable bonds is 4. The van der Waals surface area contributed by atoms with Crippen molar-refractivity contribution >= 4 is 15.9 Å². The van der Waals surface area contributed by atoms with E-state index in [4.69, 9.17) is 0 Å². The van der Waals surface area contributed by atoms with Gasteiger partial charge in [-0.3, -0.25) is 0 Å². The van der Waals surface area contributed by atoms with Gasteiger partial charge < -0.3 is 5.32 Å². The Hall–Kier alpha value is -0.340. The van der Waals surface area contributed by atoms with Crippen LogP contribution in [0.4, 0.5) is 0 Å². The third-order valence-corrected chi connectivity index (χ3v) is 5.03. The first-order chi connectivity index (χ1) is 9.06. The van der Waals surface area contributed by atoms with E-state index in [0.29, 0.717) is 6.04 Å². The van der Waals surface area contributed by atoms with E-state index in [2.05, 4.69) is 66.3 Å². The van der Waals surface area contributed by atoms with Gasteiger partial charge >= 0.3 is 0 Å². The van der Waals surface area contributed by atoms with Crippen LogP contribution in [0.1, 0.15) is 45.6 Å². The molecule has 1 N–H and O–H groups in total. The van der Waals surface area contributed by atoms with E-state index in [-0.39, 0.29) is 0 Å². The van der Waals surface area contributed by atoms with Crippen LogP contribution in [0.5, 0.6) is 0 Å². The number of halogens is 1. The monoisotopic (exact) mass is 323 g/mol. The average Bonchev–Trinajstić information content (AvgIpc) is 2.38.